The van der Waals surface area contributed by atoms with Gasteiger partial charge < -0.3 is 29.7 Å². The number of aromatic nitrogens is 1. The van der Waals surface area contributed by atoms with E-state index < -0.39 is 74.2 Å². The average Bonchev–Trinajstić information content (AvgIpc) is 3.96. The molecule has 396 valence electrons. The molecule has 2 unspecified atom stereocenters. The molecule has 2 aromatic heterocycles. The average molecular weight is 1110 g/mol. The maximum Gasteiger partial charge on any atom is 0.355 e. The highest BCUT2D eigenvalue weighted by molar-refractivity contribution is 8.01. The molecule has 1 saturated heterocycles. The molecule has 9 rings (SSSR count). The van der Waals surface area contributed by atoms with Crippen molar-refractivity contribution in [1.82, 2.24) is 15.2 Å². The van der Waals surface area contributed by atoms with E-state index in [1.165, 1.54) is 67.9 Å². The van der Waals surface area contributed by atoms with E-state index in [4.69, 9.17) is 24.0 Å². The van der Waals surface area contributed by atoms with E-state index >= 15 is 0 Å². The number of nitrogens with zero attached hydrogens (tertiary/aromatic N) is 3. The minimum Gasteiger partial charge on any atom is -0.497 e. The lowest BCUT2D eigenvalue weighted by Gasteiger charge is -2.49. The third-order valence-corrected chi connectivity index (χ3v) is 17.2. The smallest absolute Gasteiger partial charge is 0.355 e. The number of thioether (sulfide) groups is 1. The molecule has 5 aromatic carbocycles. The Morgan fingerprint density at radius 2 is 1.48 bits per heavy atom. The third kappa shape index (κ3) is 11.8. The Bertz CT molecular complexity index is 3420. The summed E-state index contributed by atoms with van der Waals surface area (Å²) >= 11 is 3.50. The van der Waals surface area contributed by atoms with E-state index in [2.05, 4.69) is 15.8 Å². The second-order valence-electron chi connectivity index (χ2n) is 19.4. The predicted molar refractivity (Wildman–Crippen MR) is 297 cm³/mol. The minimum absolute atomic E-state index is 0.00483. The number of carbonyl (C=O) groups excluding carboxylic acids is 4. The summed E-state index contributed by atoms with van der Waals surface area (Å²) in [5.41, 5.74) is -0.955. The number of ether oxygens (including phenoxy) is 3. The van der Waals surface area contributed by atoms with Crippen LogP contribution in [-0.4, -0.2) is 84.8 Å². The lowest BCUT2D eigenvalue weighted by Crippen LogP contribution is -2.74. The third-order valence-electron chi connectivity index (χ3n) is 12.4. The van der Waals surface area contributed by atoms with Gasteiger partial charge in [0, 0.05) is 27.3 Å². The zero-order valence-corrected chi connectivity index (χ0v) is 45.8. The number of oxime groups is 1. The van der Waals surface area contributed by atoms with Crippen LogP contribution in [0.15, 0.2) is 170 Å². The first kappa shape index (κ1) is 54.3. The van der Waals surface area contributed by atoms with Crippen LogP contribution in [-0.2, 0) is 56.4 Å². The normalized spacial score (nSPS) is 16.8. The van der Waals surface area contributed by atoms with Crippen LogP contribution in [0.1, 0.15) is 62.6 Å². The predicted octanol–water partition coefficient (Wildman–Crippen LogP) is 9.32. The number of anilines is 1. The van der Waals surface area contributed by atoms with Gasteiger partial charge in [-0.15, -0.1) is 34.4 Å². The van der Waals surface area contributed by atoms with Gasteiger partial charge in [-0.2, -0.15) is 0 Å². The summed E-state index contributed by atoms with van der Waals surface area (Å²) in [4.78, 5) is 81.9. The van der Waals surface area contributed by atoms with Gasteiger partial charge in [0.05, 0.1) is 27.9 Å². The number of hydrogen-bond acceptors (Lipinski definition) is 16. The molecule has 20 heteroatoms. The van der Waals surface area contributed by atoms with Crippen LogP contribution in [0.4, 0.5) is 9.52 Å². The first-order valence-corrected chi connectivity index (χ1v) is 28.2. The van der Waals surface area contributed by atoms with Gasteiger partial charge in [0.2, 0.25) is 5.60 Å². The van der Waals surface area contributed by atoms with E-state index in [9.17, 15) is 32.6 Å². The van der Waals surface area contributed by atoms with Gasteiger partial charge in [-0.3, -0.25) is 23.5 Å². The van der Waals surface area contributed by atoms with Crippen LogP contribution in [0.3, 0.4) is 0 Å². The molecule has 0 saturated carbocycles. The van der Waals surface area contributed by atoms with Crippen molar-refractivity contribution in [2.75, 3.05) is 23.9 Å². The van der Waals surface area contributed by atoms with Crippen LogP contribution >= 0.6 is 34.4 Å². The van der Waals surface area contributed by atoms with Crippen molar-refractivity contribution >= 4 is 89.9 Å². The summed E-state index contributed by atoms with van der Waals surface area (Å²) in [5, 5.41) is 11.7. The Labute approximate surface area is 458 Å². The largest absolute Gasteiger partial charge is 0.497 e. The SMILES string of the molecule is COc1ccc(COC(=O)C2=C(CSc3cc(=O)c4ccc(F)cc4s3)CS(=O)[C@H]3C(NC(=O)/C(=N\OC(C)(C)C(=O)OC(C)(C)C)c4csc(NC(c5ccccc5)(c5ccccc5)c5ccccc5)n4)C(=O)N23)cc1. The fourth-order valence-electron chi connectivity index (χ4n) is 8.62. The molecule has 7 aromatic rings. The summed E-state index contributed by atoms with van der Waals surface area (Å²) in [6.07, 6.45) is 0. The standard InChI is InChI=1S/C57H52FN5O10S4/c1-55(2,3)72-53(68)56(4,5)73-62-46(42-32-75-54(59-42)61-57(36-16-10-7-11-17-36,37-18-12-8-13-19-37)38-20-14-9-15-21-38)49(65)60-47-50(66)63-48(52(67)71-30-34-22-25-40(70-6)26-23-34)35(33-77(69)51(47)63)31-74-45-29-43(64)41-27-24-39(58)28-44(41)76-45/h7-29,32,47,51H,30-31,33H2,1-6H3,(H,59,61)(H,60,65)/b62-46-/t47?,51-,77?/m0/s1. The molecule has 3 atom stereocenters. The topological polar surface area (TPSA) is 192 Å². The molecule has 2 amide bonds. The number of benzene rings is 5. The van der Waals surface area contributed by atoms with Crippen molar-refractivity contribution < 1.29 is 46.8 Å². The molecule has 15 nitrogen and oxygen atoms in total. The van der Waals surface area contributed by atoms with Gasteiger partial charge in [0.1, 0.15) is 52.1 Å². The first-order chi connectivity index (χ1) is 36.8. The Hall–Kier alpha value is -7.52. The summed E-state index contributed by atoms with van der Waals surface area (Å²) in [5.74, 6) is -3.51. The van der Waals surface area contributed by atoms with E-state index in [-0.39, 0.29) is 34.9 Å². The highest BCUT2D eigenvalue weighted by Gasteiger charge is 2.58. The molecule has 2 aliphatic rings. The van der Waals surface area contributed by atoms with Crippen molar-refractivity contribution in [2.24, 2.45) is 5.16 Å². The molecule has 0 spiro atoms. The molecular weight excluding hydrogens is 1060 g/mol. The quantitative estimate of drug-likeness (QED) is 0.0207. The molecule has 0 bridgehead atoms. The Morgan fingerprint density at radius 3 is 2.08 bits per heavy atom. The van der Waals surface area contributed by atoms with Crippen molar-refractivity contribution in [2.45, 2.75) is 73.6 Å². The molecule has 77 heavy (non-hydrogen) atoms. The molecule has 4 heterocycles. The van der Waals surface area contributed by atoms with Crippen LogP contribution in [0.5, 0.6) is 5.75 Å². The number of fused-ring (bicyclic) bond motifs is 2. The van der Waals surface area contributed by atoms with Crippen LogP contribution < -0.4 is 20.8 Å². The lowest BCUT2D eigenvalue weighted by molar-refractivity contribution is -0.179. The number of β-lactam (4-membered cyclic amide) rings is 1. The number of hydrogen-bond donors (Lipinski definition) is 2. The Morgan fingerprint density at radius 1 is 0.857 bits per heavy atom. The zero-order valence-electron chi connectivity index (χ0n) is 42.6. The molecule has 2 aliphatic heterocycles. The van der Waals surface area contributed by atoms with E-state index in [1.807, 2.05) is 91.0 Å². The number of rotatable bonds is 18. The number of methoxy groups -OCH3 is 1. The number of carbonyl (C=O) groups is 4. The summed E-state index contributed by atoms with van der Waals surface area (Å²) in [6, 6.07) is 40.1. The second-order valence-corrected chi connectivity index (χ2v) is 24.1. The van der Waals surface area contributed by atoms with Gasteiger partial charge in [0.25, 0.3) is 11.8 Å². The highest BCUT2D eigenvalue weighted by Crippen LogP contribution is 2.42. The monoisotopic (exact) mass is 1110 g/mol. The number of esters is 2. The van der Waals surface area contributed by atoms with Gasteiger partial charge in [-0.05, 0) is 92.8 Å². The number of amides is 2. The van der Waals surface area contributed by atoms with Crippen molar-refractivity contribution in [1.29, 1.82) is 0 Å². The Balaban J connectivity index is 1.04. The van der Waals surface area contributed by atoms with Gasteiger partial charge in [-0.25, -0.2) is 19.0 Å². The molecular formula is C57H52FN5O10S4. The fourth-order valence-corrected chi connectivity index (χ4v) is 13.4. The maximum atomic E-state index is 14.8. The summed E-state index contributed by atoms with van der Waals surface area (Å²) in [6.45, 7) is 7.76. The Kier molecular flexibility index (Phi) is 15.9. The number of nitrogens with one attached hydrogen (secondary N) is 2. The van der Waals surface area contributed by atoms with Gasteiger partial charge in [-0.1, -0.05) is 108 Å². The minimum atomic E-state index is -1.91. The van der Waals surface area contributed by atoms with Crippen LogP contribution in [0.25, 0.3) is 10.1 Å². The molecule has 0 aliphatic carbocycles. The summed E-state index contributed by atoms with van der Waals surface area (Å²) in [7, 11) is -0.390. The van der Waals surface area contributed by atoms with Gasteiger partial charge in [0.15, 0.2) is 16.3 Å². The van der Waals surface area contributed by atoms with Crippen molar-refractivity contribution in [3.63, 3.8) is 0 Å². The van der Waals surface area contributed by atoms with Gasteiger partial charge >= 0.3 is 11.9 Å². The van der Waals surface area contributed by atoms with E-state index in [1.54, 1.807) is 50.4 Å². The molecule has 0 radical (unpaired) electrons. The van der Waals surface area contributed by atoms with Crippen LogP contribution in [0.2, 0.25) is 0 Å². The summed E-state index contributed by atoms with van der Waals surface area (Å²) < 4.78 is 46.2. The maximum absolute atomic E-state index is 14.8. The van der Waals surface area contributed by atoms with Crippen LogP contribution in [0, 0.1) is 5.82 Å². The van der Waals surface area contributed by atoms with Crippen molar-refractivity contribution in [3.05, 3.63) is 200 Å². The number of halogens is 1. The van der Waals surface area contributed by atoms with Crippen molar-refractivity contribution in [3.8, 4) is 5.75 Å². The highest BCUT2D eigenvalue weighted by atomic mass is 32.2. The second kappa shape index (κ2) is 22.6. The lowest BCUT2D eigenvalue weighted by atomic mass is 9.77. The molecule has 2 N–H and O–H groups in total. The van der Waals surface area contributed by atoms with E-state index in [0.29, 0.717) is 36.3 Å². The fraction of sp³-hybridized carbons (Fsp3) is 0.246. The van der Waals surface area contributed by atoms with E-state index in [0.717, 1.165) is 33.4 Å². The first-order valence-electron chi connectivity index (χ1n) is 24.1. The zero-order chi connectivity index (χ0) is 54.6. The molecule has 1 fully saturated rings. The number of thiazole rings is 1.